The topological polar surface area (TPSA) is 37.3 Å². The Morgan fingerprint density at radius 3 is 2.80 bits per heavy atom. The molecule has 0 aromatic heterocycles. The van der Waals surface area contributed by atoms with Crippen LogP contribution in [0.4, 0.5) is 4.39 Å². The summed E-state index contributed by atoms with van der Waals surface area (Å²) in [6, 6.07) is 4.41. The van der Waals surface area contributed by atoms with E-state index < -0.39 is 11.8 Å². The third-order valence-electron chi connectivity index (χ3n) is 1.82. The zero-order valence-corrected chi connectivity index (χ0v) is 8.88. The highest BCUT2D eigenvalue weighted by Crippen LogP contribution is 2.12. The van der Waals surface area contributed by atoms with E-state index in [1.54, 1.807) is 24.3 Å². The van der Waals surface area contributed by atoms with Gasteiger partial charge in [-0.25, -0.2) is 4.39 Å². The van der Waals surface area contributed by atoms with Crippen molar-refractivity contribution in [1.82, 2.24) is 0 Å². The third kappa shape index (κ3) is 3.75. The fourth-order valence-corrected chi connectivity index (χ4v) is 1.28. The van der Waals surface area contributed by atoms with Crippen molar-refractivity contribution in [3.63, 3.8) is 0 Å². The predicted molar refractivity (Wildman–Crippen MR) is 60.6 cm³/mol. The van der Waals surface area contributed by atoms with Gasteiger partial charge in [-0.2, -0.15) is 12.6 Å². The predicted octanol–water partition coefficient (Wildman–Crippen LogP) is 2.40. The van der Waals surface area contributed by atoms with Crippen LogP contribution in [-0.2, 0) is 11.2 Å². The summed E-state index contributed by atoms with van der Waals surface area (Å²) in [5.74, 6) is -0.837. The number of hydrogen-bond acceptors (Lipinski definition) is 2. The zero-order chi connectivity index (χ0) is 11.3. The molecule has 0 unspecified atom stereocenters. The summed E-state index contributed by atoms with van der Waals surface area (Å²) in [6.45, 7) is 0. The molecule has 0 spiro atoms. The molecule has 0 bridgehead atoms. The van der Waals surface area contributed by atoms with Crippen molar-refractivity contribution in [3.8, 4) is 0 Å². The Bertz CT molecular complexity index is 388. The van der Waals surface area contributed by atoms with Crippen LogP contribution in [0.25, 0.3) is 6.08 Å². The van der Waals surface area contributed by atoms with Crippen LogP contribution in [0.3, 0.4) is 0 Å². The largest absolute Gasteiger partial charge is 0.481 e. The van der Waals surface area contributed by atoms with Gasteiger partial charge in [-0.1, -0.05) is 24.3 Å². The van der Waals surface area contributed by atoms with Gasteiger partial charge < -0.3 is 5.11 Å². The number of aliphatic carboxylic acids is 1. The molecule has 15 heavy (non-hydrogen) atoms. The van der Waals surface area contributed by atoms with Gasteiger partial charge in [-0.15, -0.1) is 0 Å². The fraction of sp³-hybridized carbons (Fsp3) is 0.182. The van der Waals surface area contributed by atoms with Gasteiger partial charge in [-0.05, 0) is 11.6 Å². The lowest BCUT2D eigenvalue weighted by Gasteiger charge is -2.00. The van der Waals surface area contributed by atoms with Crippen molar-refractivity contribution in [3.05, 3.63) is 41.2 Å². The molecule has 0 saturated carbocycles. The zero-order valence-electron chi connectivity index (χ0n) is 7.98. The molecule has 0 amide bonds. The summed E-state index contributed by atoms with van der Waals surface area (Å²) in [5.41, 5.74) is 0.904. The standard InChI is InChI=1S/C11H11FO2S/c12-10-6-8(7-11(13)14)3-4-9(10)2-1-5-15/h1-4,6,15H,5,7H2,(H,13,14). The summed E-state index contributed by atoms with van der Waals surface area (Å²) in [6.07, 6.45) is 3.18. The van der Waals surface area contributed by atoms with Gasteiger partial charge in [0.15, 0.2) is 0 Å². The first-order chi connectivity index (χ1) is 7.13. The minimum absolute atomic E-state index is 0.159. The van der Waals surface area contributed by atoms with Crippen molar-refractivity contribution in [2.75, 3.05) is 5.75 Å². The number of hydrogen-bond donors (Lipinski definition) is 2. The van der Waals surface area contributed by atoms with Crippen LogP contribution < -0.4 is 0 Å². The highest BCUT2D eigenvalue weighted by atomic mass is 32.1. The Hall–Kier alpha value is -1.29. The lowest BCUT2D eigenvalue weighted by Crippen LogP contribution is -2.00. The van der Waals surface area contributed by atoms with Crippen LogP contribution in [0, 0.1) is 5.82 Å². The smallest absolute Gasteiger partial charge is 0.307 e. The molecule has 1 aromatic carbocycles. The van der Waals surface area contributed by atoms with Crippen molar-refractivity contribution in [2.24, 2.45) is 0 Å². The molecule has 0 atom stereocenters. The molecule has 0 saturated heterocycles. The third-order valence-corrected chi connectivity index (χ3v) is 2.03. The highest BCUT2D eigenvalue weighted by molar-refractivity contribution is 7.80. The fourth-order valence-electron chi connectivity index (χ4n) is 1.17. The second kappa shape index (κ2) is 5.56. The molecule has 80 valence electrons. The van der Waals surface area contributed by atoms with E-state index in [4.69, 9.17) is 5.11 Å². The molecule has 0 radical (unpaired) electrons. The minimum atomic E-state index is -0.965. The molecule has 0 aliphatic carbocycles. The van der Waals surface area contributed by atoms with Crippen molar-refractivity contribution >= 4 is 24.7 Å². The maximum atomic E-state index is 13.4. The molecule has 0 heterocycles. The highest BCUT2D eigenvalue weighted by Gasteiger charge is 2.04. The monoisotopic (exact) mass is 226 g/mol. The second-order valence-electron chi connectivity index (χ2n) is 3.01. The first kappa shape index (κ1) is 11.8. The van der Waals surface area contributed by atoms with Crippen LogP contribution in [0.1, 0.15) is 11.1 Å². The molecule has 0 aliphatic rings. The van der Waals surface area contributed by atoms with E-state index in [2.05, 4.69) is 12.6 Å². The molecule has 1 rings (SSSR count). The molecule has 4 heteroatoms. The average molecular weight is 226 g/mol. The first-order valence-electron chi connectivity index (χ1n) is 4.41. The molecular formula is C11H11FO2S. The van der Waals surface area contributed by atoms with Gasteiger partial charge in [0.25, 0.3) is 0 Å². The Morgan fingerprint density at radius 2 is 2.27 bits per heavy atom. The van der Waals surface area contributed by atoms with Gasteiger partial charge in [0.1, 0.15) is 5.82 Å². The molecule has 1 N–H and O–H groups in total. The van der Waals surface area contributed by atoms with Crippen molar-refractivity contribution in [2.45, 2.75) is 6.42 Å². The maximum Gasteiger partial charge on any atom is 0.307 e. The number of halogens is 1. The molecule has 2 nitrogen and oxygen atoms in total. The number of carboxylic acids is 1. The van der Waals surface area contributed by atoms with Gasteiger partial charge in [0.2, 0.25) is 0 Å². The lowest BCUT2D eigenvalue weighted by molar-refractivity contribution is -0.136. The normalized spacial score (nSPS) is 10.8. The molecule has 0 aliphatic heterocycles. The Kier molecular flexibility index (Phi) is 4.37. The average Bonchev–Trinajstić information content (AvgIpc) is 2.15. The molecular weight excluding hydrogens is 215 g/mol. The van der Waals surface area contributed by atoms with E-state index >= 15 is 0 Å². The van der Waals surface area contributed by atoms with E-state index in [0.717, 1.165) is 0 Å². The quantitative estimate of drug-likeness (QED) is 0.773. The number of carbonyl (C=O) groups is 1. The van der Waals surface area contributed by atoms with E-state index in [9.17, 15) is 9.18 Å². The van der Waals surface area contributed by atoms with Crippen molar-refractivity contribution < 1.29 is 14.3 Å². The van der Waals surface area contributed by atoms with Crippen LogP contribution in [0.2, 0.25) is 0 Å². The van der Waals surface area contributed by atoms with Crippen LogP contribution in [-0.4, -0.2) is 16.8 Å². The number of rotatable bonds is 4. The number of carboxylic acid groups (broad SMARTS) is 1. The molecule has 1 aromatic rings. The number of thiol groups is 1. The van der Waals surface area contributed by atoms with Crippen LogP contribution in [0.5, 0.6) is 0 Å². The maximum absolute atomic E-state index is 13.4. The van der Waals surface area contributed by atoms with E-state index in [-0.39, 0.29) is 6.42 Å². The lowest BCUT2D eigenvalue weighted by atomic mass is 10.1. The van der Waals surface area contributed by atoms with Crippen LogP contribution >= 0.6 is 12.6 Å². The van der Waals surface area contributed by atoms with E-state index in [0.29, 0.717) is 16.9 Å². The molecule has 0 fully saturated rings. The summed E-state index contributed by atoms with van der Waals surface area (Å²) >= 11 is 3.96. The van der Waals surface area contributed by atoms with E-state index in [1.807, 2.05) is 0 Å². The summed E-state index contributed by atoms with van der Waals surface area (Å²) in [7, 11) is 0. The minimum Gasteiger partial charge on any atom is -0.481 e. The Morgan fingerprint density at radius 1 is 1.53 bits per heavy atom. The van der Waals surface area contributed by atoms with Crippen LogP contribution in [0.15, 0.2) is 24.3 Å². The summed E-state index contributed by atoms with van der Waals surface area (Å²) in [5, 5.41) is 8.52. The van der Waals surface area contributed by atoms with Gasteiger partial charge in [-0.3, -0.25) is 4.79 Å². The second-order valence-corrected chi connectivity index (χ2v) is 3.38. The van der Waals surface area contributed by atoms with Crippen molar-refractivity contribution in [1.29, 1.82) is 0 Å². The number of benzene rings is 1. The van der Waals surface area contributed by atoms with E-state index in [1.165, 1.54) is 6.07 Å². The Labute approximate surface area is 92.8 Å². The Balaban J connectivity index is 2.87. The van der Waals surface area contributed by atoms with Gasteiger partial charge in [0, 0.05) is 11.3 Å². The first-order valence-corrected chi connectivity index (χ1v) is 5.04. The van der Waals surface area contributed by atoms with Gasteiger partial charge in [0.05, 0.1) is 6.42 Å². The SMILES string of the molecule is O=C(O)Cc1ccc(C=CCS)c(F)c1. The summed E-state index contributed by atoms with van der Waals surface area (Å²) in [4.78, 5) is 10.4. The van der Waals surface area contributed by atoms with Gasteiger partial charge >= 0.3 is 5.97 Å². The summed E-state index contributed by atoms with van der Waals surface area (Å²) < 4.78 is 13.4.